The van der Waals surface area contributed by atoms with Gasteiger partial charge < -0.3 is 10.0 Å². The van der Waals surface area contributed by atoms with Gasteiger partial charge in [-0.25, -0.2) is 0 Å². The molecule has 0 aromatic carbocycles. The van der Waals surface area contributed by atoms with Gasteiger partial charge in [-0.2, -0.15) is 0 Å². The van der Waals surface area contributed by atoms with E-state index in [4.69, 9.17) is 11.6 Å². The Kier molecular flexibility index (Phi) is 5.09. The molecule has 0 unspecified atom stereocenters. The number of carbonyl (C=O) groups is 1. The fraction of sp³-hybridized carbons (Fsp3) is 0.727. The molecule has 1 aliphatic heterocycles. The van der Waals surface area contributed by atoms with E-state index in [1.54, 1.807) is 4.90 Å². The van der Waals surface area contributed by atoms with Gasteiger partial charge in [0.15, 0.2) is 0 Å². The maximum Gasteiger partial charge on any atom is 0.236 e. The quantitative estimate of drug-likeness (QED) is 0.882. The van der Waals surface area contributed by atoms with Crippen LogP contribution in [0, 0.1) is 0 Å². The molecule has 1 aromatic rings. The molecule has 1 aliphatic rings. The third kappa shape index (κ3) is 4.10. The van der Waals surface area contributed by atoms with Crippen LogP contribution >= 0.6 is 23.1 Å². The van der Waals surface area contributed by atoms with Gasteiger partial charge in [-0.3, -0.25) is 9.69 Å². The summed E-state index contributed by atoms with van der Waals surface area (Å²) in [6.45, 7) is 2.10. The minimum atomic E-state index is -0.262. The van der Waals surface area contributed by atoms with Crippen LogP contribution in [0.4, 0.5) is 0 Å². The molecular formula is C11H17ClN4O2S. The maximum atomic E-state index is 12.1. The molecule has 2 heterocycles. The monoisotopic (exact) mass is 304 g/mol. The van der Waals surface area contributed by atoms with Gasteiger partial charge in [-0.05, 0) is 19.9 Å². The smallest absolute Gasteiger partial charge is 0.236 e. The van der Waals surface area contributed by atoms with Crippen molar-refractivity contribution < 1.29 is 9.90 Å². The van der Waals surface area contributed by atoms with Crippen LogP contribution in [0.1, 0.15) is 18.5 Å². The van der Waals surface area contributed by atoms with Gasteiger partial charge in [0, 0.05) is 31.2 Å². The van der Waals surface area contributed by atoms with Crippen LogP contribution in [-0.4, -0.2) is 63.2 Å². The lowest BCUT2D eigenvalue weighted by molar-refractivity contribution is -0.134. The van der Waals surface area contributed by atoms with E-state index in [-0.39, 0.29) is 12.0 Å². The second-order valence-corrected chi connectivity index (χ2v) is 6.13. The normalized spacial score (nSPS) is 17.2. The number of carbonyl (C=O) groups excluding carboxylic acids is 1. The first-order chi connectivity index (χ1) is 9.06. The molecule has 0 atom stereocenters. The molecule has 0 radical (unpaired) electrons. The Morgan fingerprint density at radius 3 is 2.84 bits per heavy atom. The number of nitrogens with zero attached hydrogens (tertiary/aromatic N) is 4. The standard InChI is InChI=1S/C11H17ClN4O2S/c1-15(6-9-11(12)19-14-13-9)7-10(18)16-4-2-8(17)3-5-16/h8,17H,2-7H2,1H3. The SMILES string of the molecule is CN(CC(=O)N1CCC(O)CC1)Cc1nnsc1Cl. The van der Waals surface area contributed by atoms with Crippen LogP contribution in [0.25, 0.3) is 0 Å². The van der Waals surface area contributed by atoms with Crippen molar-refractivity contribution in [3.05, 3.63) is 10.0 Å². The third-order valence-electron chi connectivity index (χ3n) is 3.15. The van der Waals surface area contributed by atoms with Gasteiger partial charge in [0.2, 0.25) is 5.91 Å². The van der Waals surface area contributed by atoms with E-state index in [9.17, 15) is 9.90 Å². The molecule has 1 fully saturated rings. The molecular weight excluding hydrogens is 288 g/mol. The average Bonchev–Trinajstić information content (AvgIpc) is 2.75. The number of amides is 1. The first-order valence-corrected chi connectivity index (χ1v) is 7.32. The summed E-state index contributed by atoms with van der Waals surface area (Å²) in [6, 6.07) is 0. The Morgan fingerprint density at radius 2 is 2.26 bits per heavy atom. The minimum absolute atomic E-state index is 0.0775. The van der Waals surface area contributed by atoms with E-state index in [0.717, 1.165) is 11.5 Å². The molecule has 2 rings (SSSR count). The van der Waals surface area contributed by atoms with Crippen LogP contribution < -0.4 is 0 Å². The van der Waals surface area contributed by atoms with Gasteiger partial charge in [0.25, 0.3) is 0 Å². The molecule has 6 nitrogen and oxygen atoms in total. The lowest BCUT2D eigenvalue weighted by atomic mass is 10.1. The molecule has 106 valence electrons. The molecule has 8 heteroatoms. The van der Waals surface area contributed by atoms with Gasteiger partial charge >= 0.3 is 0 Å². The zero-order chi connectivity index (χ0) is 13.8. The highest BCUT2D eigenvalue weighted by atomic mass is 35.5. The predicted molar refractivity (Wildman–Crippen MR) is 73.1 cm³/mol. The molecule has 0 bridgehead atoms. The summed E-state index contributed by atoms with van der Waals surface area (Å²) >= 11 is 7.08. The number of likely N-dealkylation sites (tertiary alicyclic amines) is 1. The highest BCUT2D eigenvalue weighted by Gasteiger charge is 2.22. The second kappa shape index (κ2) is 6.60. The van der Waals surface area contributed by atoms with E-state index < -0.39 is 0 Å². The number of aromatic nitrogens is 2. The zero-order valence-electron chi connectivity index (χ0n) is 10.8. The van der Waals surface area contributed by atoms with Crippen LogP contribution in [0.3, 0.4) is 0 Å². The Morgan fingerprint density at radius 1 is 1.58 bits per heavy atom. The van der Waals surface area contributed by atoms with Crippen molar-refractivity contribution in [1.82, 2.24) is 19.4 Å². The van der Waals surface area contributed by atoms with Crippen molar-refractivity contribution in [2.24, 2.45) is 0 Å². The summed E-state index contributed by atoms with van der Waals surface area (Å²) in [7, 11) is 1.85. The molecule has 0 aliphatic carbocycles. The first-order valence-electron chi connectivity index (χ1n) is 6.17. The predicted octanol–water partition coefficient (Wildman–Crippen LogP) is 0.607. The lowest BCUT2D eigenvalue weighted by Gasteiger charge is -2.30. The van der Waals surface area contributed by atoms with Gasteiger partial charge in [0.05, 0.1) is 12.6 Å². The van der Waals surface area contributed by atoms with E-state index >= 15 is 0 Å². The number of piperidine rings is 1. The Bertz CT molecular complexity index is 434. The largest absolute Gasteiger partial charge is 0.393 e. The summed E-state index contributed by atoms with van der Waals surface area (Å²) in [5, 5.41) is 13.3. The van der Waals surface area contributed by atoms with Crippen molar-refractivity contribution in [1.29, 1.82) is 0 Å². The van der Waals surface area contributed by atoms with Gasteiger partial charge in [-0.1, -0.05) is 16.1 Å². The summed E-state index contributed by atoms with van der Waals surface area (Å²) in [5.74, 6) is 0.0775. The zero-order valence-corrected chi connectivity index (χ0v) is 12.3. The number of aliphatic hydroxyl groups excluding tert-OH is 1. The number of halogens is 1. The Labute approximate surface area is 121 Å². The first kappa shape index (κ1) is 14.6. The van der Waals surface area contributed by atoms with Gasteiger partial charge in [-0.15, -0.1) is 5.10 Å². The summed E-state index contributed by atoms with van der Waals surface area (Å²) < 4.78 is 4.33. The van der Waals surface area contributed by atoms with Crippen molar-refractivity contribution in [3.8, 4) is 0 Å². The fourth-order valence-electron chi connectivity index (χ4n) is 2.05. The number of hydrogen-bond donors (Lipinski definition) is 1. The number of likely N-dealkylation sites (N-methyl/N-ethyl adjacent to an activating group) is 1. The Hall–Kier alpha value is -0.760. The van der Waals surface area contributed by atoms with E-state index in [2.05, 4.69) is 9.59 Å². The molecule has 0 spiro atoms. The molecule has 1 N–H and O–H groups in total. The maximum absolute atomic E-state index is 12.1. The minimum Gasteiger partial charge on any atom is -0.393 e. The molecule has 1 amide bonds. The summed E-state index contributed by atoms with van der Waals surface area (Å²) in [4.78, 5) is 15.7. The van der Waals surface area contributed by atoms with Crippen LogP contribution in [-0.2, 0) is 11.3 Å². The van der Waals surface area contributed by atoms with Crippen molar-refractivity contribution in [2.45, 2.75) is 25.5 Å². The van der Waals surface area contributed by atoms with E-state index in [0.29, 0.717) is 49.1 Å². The van der Waals surface area contributed by atoms with Gasteiger partial charge in [0.1, 0.15) is 10.0 Å². The number of rotatable bonds is 4. The van der Waals surface area contributed by atoms with E-state index in [1.165, 1.54) is 0 Å². The van der Waals surface area contributed by atoms with Crippen molar-refractivity contribution in [2.75, 3.05) is 26.7 Å². The molecule has 1 aromatic heterocycles. The molecule has 1 saturated heterocycles. The number of aliphatic hydroxyl groups is 1. The molecule has 19 heavy (non-hydrogen) atoms. The van der Waals surface area contributed by atoms with Crippen LogP contribution in [0.5, 0.6) is 0 Å². The average molecular weight is 305 g/mol. The van der Waals surface area contributed by atoms with Crippen molar-refractivity contribution in [3.63, 3.8) is 0 Å². The summed E-state index contributed by atoms with van der Waals surface area (Å²) in [6.07, 6.45) is 1.07. The second-order valence-electron chi connectivity index (χ2n) is 4.78. The Balaban J connectivity index is 1.80. The number of hydrogen-bond acceptors (Lipinski definition) is 6. The topological polar surface area (TPSA) is 69.6 Å². The summed E-state index contributed by atoms with van der Waals surface area (Å²) in [5.41, 5.74) is 0.705. The molecule has 0 saturated carbocycles. The van der Waals surface area contributed by atoms with E-state index in [1.807, 2.05) is 11.9 Å². The van der Waals surface area contributed by atoms with Crippen LogP contribution in [0.15, 0.2) is 0 Å². The highest BCUT2D eigenvalue weighted by molar-refractivity contribution is 7.10. The van der Waals surface area contributed by atoms with Crippen molar-refractivity contribution >= 4 is 29.0 Å². The highest BCUT2D eigenvalue weighted by Crippen LogP contribution is 2.18. The third-order valence-corrected chi connectivity index (χ3v) is 4.14. The lowest BCUT2D eigenvalue weighted by Crippen LogP contribution is -2.44. The van der Waals surface area contributed by atoms with Crippen LogP contribution in [0.2, 0.25) is 4.34 Å². The fourth-order valence-corrected chi connectivity index (χ4v) is 2.66.